The first-order valence-electron chi connectivity index (χ1n) is 7.32. The third kappa shape index (κ3) is 4.52. The van der Waals surface area contributed by atoms with Crippen LogP contribution in [0.15, 0.2) is 42.5 Å². The summed E-state index contributed by atoms with van der Waals surface area (Å²) < 4.78 is 66.2. The second-order valence-electron chi connectivity index (χ2n) is 5.45. The smallest absolute Gasteiger partial charge is 0.304 e. The fourth-order valence-corrected chi connectivity index (χ4v) is 3.08. The number of rotatable bonds is 6. The molecule has 2 aromatic carbocycles. The molecule has 0 radical (unpaired) electrons. The van der Waals surface area contributed by atoms with Crippen LogP contribution in [0.5, 0.6) is 0 Å². The molecule has 0 spiro atoms. The van der Waals surface area contributed by atoms with Gasteiger partial charge < -0.3 is 5.32 Å². The summed E-state index contributed by atoms with van der Waals surface area (Å²) in [7, 11) is -1.54. The van der Waals surface area contributed by atoms with Gasteiger partial charge in [-0.15, -0.1) is 0 Å². The molecule has 0 aliphatic rings. The zero-order chi connectivity index (χ0) is 19.5. The largest absolute Gasteiger partial charge is 0.322 e. The maximum atomic E-state index is 13.6. The molecule has 0 saturated heterocycles. The zero-order valence-electron chi connectivity index (χ0n) is 13.9. The molecule has 1 N–H and O–H groups in total. The highest BCUT2D eigenvalue weighted by atomic mass is 32.2. The Bertz CT molecular complexity index is 903. The van der Waals surface area contributed by atoms with Crippen molar-refractivity contribution in [2.45, 2.75) is 0 Å². The van der Waals surface area contributed by atoms with E-state index < -0.39 is 40.1 Å². The maximum Gasteiger partial charge on any atom is 0.304 e. The lowest BCUT2D eigenvalue weighted by atomic mass is 10.3. The number of hydrogen-bond donors (Lipinski definition) is 1. The lowest BCUT2D eigenvalue weighted by Crippen LogP contribution is -2.44. The van der Waals surface area contributed by atoms with E-state index in [1.165, 1.54) is 26.2 Å². The summed E-state index contributed by atoms with van der Waals surface area (Å²) in [5, 5.41) is 2.18. The van der Waals surface area contributed by atoms with Crippen molar-refractivity contribution in [1.82, 2.24) is 4.31 Å². The average Bonchev–Trinajstić information content (AvgIpc) is 2.56. The molecule has 0 unspecified atom stereocenters. The minimum Gasteiger partial charge on any atom is -0.322 e. The highest BCUT2D eigenvalue weighted by Gasteiger charge is 2.27. The van der Waals surface area contributed by atoms with Crippen molar-refractivity contribution in [2.75, 3.05) is 30.3 Å². The molecule has 0 atom stereocenters. The Morgan fingerprint density at radius 2 is 1.58 bits per heavy atom. The van der Waals surface area contributed by atoms with Gasteiger partial charge in [-0.3, -0.25) is 4.79 Å². The Labute approximate surface area is 149 Å². The van der Waals surface area contributed by atoms with Crippen LogP contribution in [-0.4, -0.2) is 39.3 Å². The first-order valence-corrected chi connectivity index (χ1v) is 8.71. The maximum absolute atomic E-state index is 13.6. The Hall–Kier alpha value is -2.59. The van der Waals surface area contributed by atoms with Crippen LogP contribution >= 0.6 is 0 Å². The molecule has 0 aliphatic heterocycles. The number of carbonyl (C=O) groups excluding carboxylic acids is 1. The van der Waals surface area contributed by atoms with Crippen LogP contribution in [0.2, 0.25) is 0 Å². The number of hydrogen-bond acceptors (Lipinski definition) is 3. The quantitative estimate of drug-likeness (QED) is 0.827. The van der Waals surface area contributed by atoms with Crippen molar-refractivity contribution in [2.24, 2.45) is 0 Å². The molecule has 1 amide bonds. The Morgan fingerprint density at radius 1 is 1.00 bits per heavy atom. The van der Waals surface area contributed by atoms with Gasteiger partial charge in [-0.25, -0.2) is 17.5 Å². The first-order chi connectivity index (χ1) is 12.1. The van der Waals surface area contributed by atoms with Gasteiger partial charge in [0.1, 0.15) is 24.0 Å². The SMILES string of the molecule is CN(C)S(=O)(=O)N(CC(=O)Nc1ccc(F)cc1F)c1ccc(F)cc1. The summed E-state index contributed by atoms with van der Waals surface area (Å²) in [6, 6.07) is 7.04. The second-order valence-corrected chi connectivity index (χ2v) is 7.51. The van der Waals surface area contributed by atoms with Crippen molar-refractivity contribution < 1.29 is 26.4 Å². The van der Waals surface area contributed by atoms with Crippen LogP contribution in [0.4, 0.5) is 24.5 Å². The molecule has 2 rings (SSSR count). The highest BCUT2D eigenvalue weighted by Crippen LogP contribution is 2.21. The lowest BCUT2D eigenvalue weighted by Gasteiger charge is -2.26. The molecule has 140 valence electrons. The third-order valence-corrected chi connectivity index (χ3v) is 5.17. The predicted octanol–water partition coefficient (Wildman–Crippen LogP) is 2.36. The second kappa shape index (κ2) is 7.75. The van der Waals surface area contributed by atoms with E-state index in [0.717, 1.165) is 32.9 Å². The fraction of sp³-hybridized carbons (Fsp3) is 0.188. The van der Waals surface area contributed by atoms with Crippen molar-refractivity contribution in [3.05, 3.63) is 59.9 Å². The van der Waals surface area contributed by atoms with E-state index in [-0.39, 0.29) is 11.4 Å². The van der Waals surface area contributed by atoms with Crippen LogP contribution in [0.3, 0.4) is 0 Å². The molecule has 0 aliphatic carbocycles. The van der Waals surface area contributed by atoms with E-state index in [9.17, 15) is 26.4 Å². The summed E-state index contributed by atoms with van der Waals surface area (Å²) in [6.07, 6.45) is 0. The first kappa shape index (κ1) is 19.7. The molecule has 0 fully saturated rings. The zero-order valence-corrected chi connectivity index (χ0v) is 14.7. The van der Waals surface area contributed by atoms with Gasteiger partial charge in [0.05, 0.1) is 11.4 Å². The Morgan fingerprint density at radius 3 is 2.12 bits per heavy atom. The number of halogens is 3. The molecular weight excluding hydrogens is 371 g/mol. The standard InChI is InChI=1S/C16H16F3N3O3S/c1-21(2)26(24,25)22(13-6-3-11(17)4-7-13)10-16(23)20-15-8-5-12(18)9-14(15)19/h3-9H,10H2,1-2H3,(H,20,23). The number of benzene rings is 2. The Kier molecular flexibility index (Phi) is 5.88. The number of amides is 1. The highest BCUT2D eigenvalue weighted by molar-refractivity contribution is 7.90. The molecule has 0 bridgehead atoms. The normalized spacial score (nSPS) is 11.5. The van der Waals surface area contributed by atoms with Crippen molar-refractivity contribution in [3.63, 3.8) is 0 Å². The number of nitrogens with one attached hydrogen (secondary N) is 1. The van der Waals surface area contributed by atoms with Crippen molar-refractivity contribution >= 4 is 27.5 Å². The average molecular weight is 387 g/mol. The van der Waals surface area contributed by atoms with Gasteiger partial charge in [-0.1, -0.05) is 0 Å². The molecule has 2 aromatic rings. The number of carbonyl (C=O) groups is 1. The summed E-state index contributed by atoms with van der Waals surface area (Å²) in [6.45, 7) is -0.692. The lowest BCUT2D eigenvalue weighted by molar-refractivity contribution is -0.114. The molecular formula is C16H16F3N3O3S. The van der Waals surface area contributed by atoms with Crippen LogP contribution in [0.25, 0.3) is 0 Å². The van der Waals surface area contributed by atoms with Crippen LogP contribution in [-0.2, 0) is 15.0 Å². The monoisotopic (exact) mass is 387 g/mol. The van der Waals surface area contributed by atoms with Crippen molar-refractivity contribution in [3.8, 4) is 0 Å². The van der Waals surface area contributed by atoms with Gasteiger partial charge in [0.25, 0.3) is 0 Å². The van der Waals surface area contributed by atoms with Gasteiger partial charge in [0, 0.05) is 20.2 Å². The van der Waals surface area contributed by atoms with Gasteiger partial charge in [-0.2, -0.15) is 12.7 Å². The molecule has 0 saturated carbocycles. The van der Waals surface area contributed by atoms with E-state index in [2.05, 4.69) is 5.32 Å². The van der Waals surface area contributed by atoms with E-state index in [0.29, 0.717) is 6.07 Å². The number of anilines is 2. The fourth-order valence-electron chi connectivity index (χ4n) is 2.02. The van der Waals surface area contributed by atoms with E-state index in [4.69, 9.17) is 0 Å². The predicted molar refractivity (Wildman–Crippen MR) is 91.3 cm³/mol. The minimum absolute atomic E-state index is 0.0508. The summed E-state index contributed by atoms with van der Waals surface area (Å²) >= 11 is 0. The summed E-state index contributed by atoms with van der Waals surface area (Å²) in [5.74, 6) is -3.25. The van der Waals surface area contributed by atoms with Gasteiger partial charge in [-0.05, 0) is 36.4 Å². The van der Waals surface area contributed by atoms with Crippen LogP contribution < -0.4 is 9.62 Å². The van der Waals surface area contributed by atoms with Crippen molar-refractivity contribution in [1.29, 1.82) is 0 Å². The van der Waals surface area contributed by atoms with Gasteiger partial charge in [0.15, 0.2) is 0 Å². The molecule has 26 heavy (non-hydrogen) atoms. The summed E-state index contributed by atoms with van der Waals surface area (Å²) in [4.78, 5) is 12.2. The molecule has 0 heterocycles. The van der Waals surface area contributed by atoms with E-state index in [1.54, 1.807) is 0 Å². The minimum atomic E-state index is -4.08. The Balaban J connectivity index is 2.28. The molecule has 10 heteroatoms. The number of nitrogens with zero attached hydrogens (tertiary/aromatic N) is 2. The summed E-state index contributed by atoms with van der Waals surface area (Å²) in [5.41, 5.74) is -0.243. The molecule has 0 aromatic heterocycles. The third-order valence-electron chi connectivity index (χ3n) is 3.35. The van der Waals surface area contributed by atoms with E-state index in [1.807, 2.05) is 0 Å². The molecule has 6 nitrogen and oxygen atoms in total. The topological polar surface area (TPSA) is 69.7 Å². The van der Waals surface area contributed by atoms with Crippen LogP contribution in [0.1, 0.15) is 0 Å². The van der Waals surface area contributed by atoms with Crippen LogP contribution in [0, 0.1) is 17.5 Å². The van der Waals surface area contributed by atoms with Gasteiger partial charge in [0.2, 0.25) is 5.91 Å². The van der Waals surface area contributed by atoms with Gasteiger partial charge >= 0.3 is 10.2 Å². The van der Waals surface area contributed by atoms with E-state index >= 15 is 0 Å².